The van der Waals surface area contributed by atoms with Crippen LogP contribution in [-0.4, -0.2) is 18.2 Å². The second kappa shape index (κ2) is 3.69. The number of methoxy groups -OCH3 is 1. The Morgan fingerprint density at radius 3 is 2.75 bits per heavy atom. The second-order valence-electron chi connectivity index (χ2n) is 3.10. The Morgan fingerprint density at radius 1 is 1.38 bits per heavy atom. The van der Waals surface area contributed by atoms with Crippen molar-refractivity contribution in [3.63, 3.8) is 0 Å². The number of ether oxygens (including phenoxy) is 1. The molecule has 16 heavy (non-hydrogen) atoms. The van der Waals surface area contributed by atoms with Crippen molar-refractivity contribution in [3.8, 4) is 5.95 Å². The van der Waals surface area contributed by atoms with Gasteiger partial charge in [0.25, 0.3) is 5.95 Å². The van der Waals surface area contributed by atoms with Crippen LogP contribution in [-0.2, 0) is 4.74 Å². The maximum absolute atomic E-state index is 11.5. The third kappa shape index (κ3) is 1.42. The zero-order chi connectivity index (χ0) is 11.7. The monoisotopic (exact) mass is 220 g/mol. The molecule has 0 unspecified atom stereocenters. The average Bonchev–Trinajstić information content (AvgIpc) is 2.50. The smallest absolute Gasteiger partial charge is 0.345 e. The van der Waals surface area contributed by atoms with Crippen molar-refractivity contribution in [2.45, 2.75) is 0 Å². The van der Waals surface area contributed by atoms with Crippen LogP contribution >= 0.6 is 0 Å². The molecule has 0 fully saturated rings. The van der Waals surface area contributed by atoms with Crippen LogP contribution in [0.2, 0.25) is 0 Å². The second-order valence-corrected chi connectivity index (χ2v) is 3.10. The molecule has 0 amide bonds. The van der Waals surface area contributed by atoms with Crippen molar-refractivity contribution >= 4 is 16.9 Å². The normalized spacial score (nSPS) is 10.3. The summed E-state index contributed by atoms with van der Waals surface area (Å²) >= 11 is 0. The summed E-state index contributed by atoms with van der Waals surface area (Å²) in [7, 11) is 1.18. The number of rotatable bonds is 1. The van der Waals surface area contributed by atoms with E-state index in [1.54, 1.807) is 6.07 Å². The Hall–Kier alpha value is -2.30. The van der Waals surface area contributed by atoms with Crippen LogP contribution < -0.4 is 5.43 Å². The lowest BCUT2D eigenvalue weighted by Crippen LogP contribution is -2.00. The van der Waals surface area contributed by atoms with E-state index in [1.807, 2.05) is 0 Å². The molecule has 0 radical (unpaired) electrons. The molecular formula is C11H8O5. The number of hydrogen-bond acceptors (Lipinski definition) is 5. The highest BCUT2D eigenvalue weighted by atomic mass is 16.5. The molecule has 0 atom stereocenters. The van der Waals surface area contributed by atoms with E-state index in [1.165, 1.54) is 25.3 Å². The van der Waals surface area contributed by atoms with Gasteiger partial charge in [-0.2, -0.15) is 0 Å². The van der Waals surface area contributed by atoms with Gasteiger partial charge in [0, 0.05) is 5.39 Å². The van der Waals surface area contributed by atoms with Gasteiger partial charge in [-0.3, -0.25) is 4.79 Å². The molecule has 0 bridgehead atoms. The lowest BCUT2D eigenvalue weighted by molar-refractivity contribution is 0.0597. The van der Waals surface area contributed by atoms with Crippen molar-refractivity contribution in [2.24, 2.45) is 0 Å². The fourth-order valence-corrected chi connectivity index (χ4v) is 1.44. The van der Waals surface area contributed by atoms with Crippen LogP contribution in [0.1, 0.15) is 10.4 Å². The maximum Gasteiger partial charge on any atom is 0.345 e. The van der Waals surface area contributed by atoms with Gasteiger partial charge < -0.3 is 14.3 Å². The Morgan fingerprint density at radius 2 is 2.06 bits per heavy atom. The summed E-state index contributed by atoms with van der Waals surface area (Å²) in [6, 6.07) is 5.89. The molecule has 82 valence electrons. The van der Waals surface area contributed by atoms with Crippen LogP contribution in [0.25, 0.3) is 11.0 Å². The molecule has 1 N–H and O–H groups in total. The van der Waals surface area contributed by atoms with E-state index < -0.39 is 17.3 Å². The van der Waals surface area contributed by atoms with Crippen molar-refractivity contribution in [1.82, 2.24) is 0 Å². The highest BCUT2D eigenvalue weighted by molar-refractivity contribution is 6.05. The highest BCUT2D eigenvalue weighted by Crippen LogP contribution is 2.28. The van der Waals surface area contributed by atoms with Crippen LogP contribution in [0, 0.1) is 0 Å². The summed E-state index contributed by atoms with van der Waals surface area (Å²) in [5.41, 5.74) is -0.612. The lowest BCUT2D eigenvalue weighted by Gasteiger charge is -1.94. The van der Waals surface area contributed by atoms with E-state index >= 15 is 0 Å². The first kappa shape index (κ1) is 10.2. The molecule has 0 saturated heterocycles. The first-order valence-electron chi connectivity index (χ1n) is 4.48. The van der Waals surface area contributed by atoms with Crippen LogP contribution in [0.5, 0.6) is 5.95 Å². The third-order valence-corrected chi connectivity index (χ3v) is 2.16. The number of carbonyl (C=O) groups excluding carboxylic acids is 1. The Balaban J connectivity index is 2.91. The van der Waals surface area contributed by atoms with E-state index in [0.717, 1.165) is 0 Å². The molecule has 0 saturated carbocycles. The quantitative estimate of drug-likeness (QED) is 0.732. The Kier molecular flexibility index (Phi) is 2.36. The fraction of sp³-hybridized carbons (Fsp3) is 0.0909. The maximum atomic E-state index is 11.5. The van der Waals surface area contributed by atoms with Crippen molar-refractivity contribution in [2.75, 3.05) is 7.11 Å². The van der Waals surface area contributed by atoms with E-state index in [-0.39, 0.29) is 16.5 Å². The summed E-state index contributed by atoms with van der Waals surface area (Å²) in [4.78, 5) is 22.9. The molecule has 0 spiro atoms. The van der Waals surface area contributed by atoms with Gasteiger partial charge in [-0.25, -0.2) is 4.79 Å². The molecule has 0 aliphatic rings. The molecule has 1 heterocycles. The van der Waals surface area contributed by atoms with Gasteiger partial charge >= 0.3 is 5.97 Å². The Labute approximate surface area is 89.9 Å². The largest absolute Gasteiger partial charge is 0.480 e. The summed E-state index contributed by atoms with van der Waals surface area (Å²) < 4.78 is 9.35. The predicted octanol–water partition coefficient (Wildman–Crippen LogP) is 1.29. The van der Waals surface area contributed by atoms with Crippen molar-refractivity contribution < 1.29 is 19.1 Å². The fourth-order valence-electron chi connectivity index (χ4n) is 1.44. The van der Waals surface area contributed by atoms with Gasteiger partial charge in [0.1, 0.15) is 0 Å². The van der Waals surface area contributed by atoms with Crippen LogP contribution in [0.15, 0.2) is 33.5 Å². The molecular weight excluding hydrogens is 212 g/mol. The average molecular weight is 220 g/mol. The number of hydrogen-bond donors (Lipinski definition) is 1. The van der Waals surface area contributed by atoms with Crippen molar-refractivity contribution in [3.05, 3.63) is 40.1 Å². The Bertz CT molecular complexity index is 611. The molecule has 1 aromatic heterocycles. The standard InChI is InChI=1S/C11H8O5/c1-15-10(13)8-6-4-2-3-5-7(12)9(6)16-11(8)14/h2-5,14H,1H3. The number of esters is 1. The molecule has 5 nitrogen and oxygen atoms in total. The minimum absolute atomic E-state index is 0.0668. The first-order chi connectivity index (χ1) is 7.65. The molecule has 2 aromatic rings. The molecule has 2 rings (SSSR count). The van der Waals surface area contributed by atoms with E-state index in [9.17, 15) is 14.7 Å². The number of furan rings is 1. The van der Waals surface area contributed by atoms with Gasteiger partial charge in [0.15, 0.2) is 11.1 Å². The van der Waals surface area contributed by atoms with Crippen molar-refractivity contribution in [1.29, 1.82) is 0 Å². The zero-order valence-corrected chi connectivity index (χ0v) is 8.39. The van der Waals surface area contributed by atoms with Gasteiger partial charge in [-0.1, -0.05) is 12.1 Å². The molecule has 0 aliphatic carbocycles. The third-order valence-electron chi connectivity index (χ3n) is 2.16. The highest BCUT2D eigenvalue weighted by Gasteiger charge is 2.21. The van der Waals surface area contributed by atoms with Crippen LogP contribution in [0.3, 0.4) is 0 Å². The number of carbonyl (C=O) groups is 1. The summed E-state index contributed by atoms with van der Waals surface area (Å²) in [6.45, 7) is 0. The predicted molar refractivity (Wildman–Crippen MR) is 55.5 cm³/mol. The van der Waals surface area contributed by atoms with Gasteiger partial charge in [-0.15, -0.1) is 0 Å². The van der Waals surface area contributed by atoms with Crippen LogP contribution in [0.4, 0.5) is 0 Å². The molecule has 0 aliphatic heterocycles. The van der Waals surface area contributed by atoms with Gasteiger partial charge in [0.2, 0.25) is 5.43 Å². The molecule has 5 heteroatoms. The summed E-state index contributed by atoms with van der Waals surface area (Å²) in [5, 5.41) is 9.67. The SMILES string of the molecule is COC(=O)c1c(O)oc2c(=O)ccccc12. The number of fused-ring (bicyclic) bond motifs is 1. The summed E-state index contributed by atoms with van der Waals surface area (Å²) in [5.74, 6) is -1.35. The first-order valence-corrected chi connectivity index (χ1v) is 4.48. The lowest BCUT2D eigenvalue weighted by atomic mass is 10.2. The van der Waals surface area contributed by atoms with E-state index in [2.05, 4.69) is 4.74 Å². The molecule has 1 aromatic carbocycles. The zero-order valence-electron chi connectivity index (χ0n) is 8.39. The topological polar surface area (TPSA) is 76.7 Å². The minimum atomic E-state index is -0.748. The minimum Gasteiger partial charge on any atom is -0.480 e. The van der Waals surface area contributed by atoms with E-state index in [0.29, 0.717) is 0 Å². The van der Waals surface area contributed by atoms with Gasteiger partial charge in [0.05, 0.1) is 7.11 Å². The number of aromatic hydroxyl groups is 1. The van der Waals surface area contributed by atoms with E-state index in [4.69, 9.17) is 4.42 Å². The summed E-state index contributed by atoms with van der Waals surface area (Å²) in [6.07, 6.45) is 0. The van der Waals surface area contributed by atoms with Gasteiger partial charge in [-0.05, 0) is 12.1 Å².